The van der Waals surface area contributed by atoms with Crippen molar-refractivity contribution in [3.63, 3.8) is 0 Å². The molecule has 1 saturated carbocycles. The highest BCUT2D eigenvalue weighted by atomic mass is 35.5. The maximum absolute atomic E-state index is 14.0. The van der Waals surface area contributed by atoms with Crippen LogP contribution in [0.25, 0.3) is 11.1 Å². The molecule has 2 aromatic rings. The molecule has 1 aliphatic carbocycles. The third-order valence-corrected chi connectivity index (χ3v) is 6.20. The molecule has 0 unspecified atom stereocenters. The number of nitrogens with two attached hydrogens (primary N) is 1. The standard InChI is InChI=1S/C22H25ClF2N4O/c1-12(13-3-4-13)28-21(30)17-10-27-20(23)18(14-7-15(24)9-16(25)8-14)19(17)29-6-5-22(2,26)11-29/h7-10,12-13H,3-6,11,26H2,1-2H3,(H,28,30)/t12-,22-/m0/s1. The second-order valence-electron chi connectivity index (χ2n) is 8.77. The van der Waals surface area contributed by atoms with Gasteiger partial charge in [-0.05, 0) is 56.7 Å². The van der Waals surface area contributed by atoms with Gasteiger partial charge in [0.1, 0.15) is 16.8 Å². The van der Waals surface area contributed by atoms with Gasteiger partial charge in [0.25, 0.3) is 5.91 Å². The third kappa shape index (κ3) is 4.27. The van der Waals surface area contributed by atoms with Gasteiger partial charge in [-0.3, -0.25) is 4.79 Å². The molecule has 1 aromatic heterocycles. The Labute approximate surface area is 179 Å². The third-order valence-electron chi connectivity index (χ3n) is 5.91. The Morgan fingerprint density at radius 1 is 1.33 bits per heavy atom. The minimum absolute atomic E-state index is 0.0365. The lowest BCUT2D eigenvalue weighted by atomic mass is 10.00. The maximum atomic E-state index is 14.0. The first-order valence-electron chi connectivity index (χ1n) is 10.1. The summed E-state index contributed by atoms with van der Waals surface area (Å²) in [6.07, 6.45) is 4.33. The van der Waals surface area contributed by atoms with E-state index in [1.165, 1.54) is 18.3 Å². The number of hydrogen-bond donors (Lipinski definition) is 2. The van der Waals surface area contributed by atoms with Crippen molar-refractivity contribution in [2.75, 3.05) is 18.0 Å². The molecule has 2 aliphatic rings. The van der Waals surface area contributed by atoms with Gasteiger partial charge in [0, 0.05) is 42.5 Å². The average Bonchev–Trinajstić information content (AvgIpc) is 3.43. The number of anilines is 1. The molecular formula is C22H25ClF2N4O. The van der Waals surface area contributed by atoms with E-state index >= 15 is 0 Å². The molecule has 30 heavy (non-hydrogen) atoms. The molecule has 0 radical (unpaired) electrons. The molecule has 3 N–H and O–H groups in total. The van der Waals surface area contributed by atoms with Crippen molar-refractivity contribution in [1.29, 1.82) is 0 Å². The van der Waals surface area contributed by atoms with Gasteiger partial charge in [0.15, 0.2) is 0 Å². The van der Waals surface area contributed by atoms with E-state index in [0.717, 1.165) is 18.9 Å². The van der Waals surface area contributed by atoms with Gasteiger partial charge in [0.2, 0.25) is 0 Å². The number of rotatable bonds is 5. The fraction of sp³-hybridized carbons (Fsp3) is 0.455. The number of nitrogens with zero attached hydrogens (tertiary/aromatic N) is 2. The number of nitrogens with one attached hydrogen (secondary N) is 1. The summed E-state index contributed by atoms with van der Waals surface area (Å²) in [5, 5.41) is 3.11. The van der Waals surface area contributed by atoms with E-state index in [2.05, 4.69) is 10.3 Å². The van der Waals surface area contributed by atoms with E-state index < -0.39 is 17.2 Å². The van der Waals surface area contributed by atoms with Gasteiger partial charge in [-0.1, -0.05) is 11.6 Å². The zero-order valence-electron chi connectivity index (χ0n) is 17.0. The predicted octanol–water partition coefficient (Wildman–Crippen LogP) is 4.14. The van der Waals surface area contributed by atoms with Gasteiger partial charge >= 0.3 is 0 Å². The molecular weight excluding hydrogens is 410 g/mol. The zero-order chi connectivity index (χ0) is 21.6. The Balaban J connectivity index is 1.84. The Kier molecular flexibility index (Phi) is 5.45. The van der Waals surface area contributed by atoms with Crippen molar-refractivity contribution in [3.8, 4) is 11.1 Å². The normalized spacial score (nSPS) is 22.3. The molecule has 1 amide bonds. The highest BCUT2D eigenvalue weighted by Gasteiger charge is 2.35. The van der Waals surface area contributed by atoms with Crippen molar-refractivity contribution >= 4 is 23.2 Å². The van der Waals surface area contributed by atoms with Crippen LogP contribution < -0.4 is 16.0 Å². The first-order valence-corrected chi connectivity index (χ1v) is 10.5. The summed E-state index contributed by atoms with van der Waals surface area (Å²) < 4.78 is 28.0. The number of benzene rings is 1. The van der Waals surface area contributed by atoms with Gasteiger partial charge < -0.3 is 16.0 Å². The monoisotopic (exact) mass is 434 g/mol. The number of carbonyl (C=O) groups excluding carboxylic acids is 1. The Bertz CT molecular complexity index is 973. The number of carbonyl (C=O) groups is 1. The summed E-state index contributed by atoms with van der Waals surface area (Å²) in [6.45, 7) is 4.99. The van der Waals surface area contributed by atoms with E-state index in [4.69, 9.17) is 17.3 Å². The molecule has 8 heteroatoms. The SMILES string of the molecule is C[C@H](NC(=O)c1cnc(Cl)c(-c2cc(F)cc(F)c2)c1N1CC[C@](C)(N)C1)C1CC1. The Morgan fingerprint density at radius 3 is 2.57 bits per heavy atom. The summed E-state index contributed by atoms with van der Waals surface area (Å²) in [4.78, 5) is 19.3. The average molecular weight is 435 g/mol. The molecule has 1 aliphatic heterocycles. The molecule has 1 saturated heterocycles. The van der Waals surface area contributed by atoms with Gasteiger partial charge in [0.05, 0.1) is 11.3 Å². The second kappa shape index (κ2) is 7.78. The van der Waals surface area contributed by atoms with Crippen LogP contribution in [0.2, 0.25) is 5.15 Å². The topological polar surface area (TPSA) is 71.2 Å². The fourth-order valence-corrected chi connectivity index (χ4v) is 4.35. The number of hydrogen-bond acceptors (Lipinski definition) is 4. The van der Waals surface area contributed by atoms with Crippen molar-refractivity contribution in [3.05, 3.63) is 46.7 Å². The van der Waals surface area contributed by atoms with Crippen molar-refractivity contribution in [2.24, 2.45) is 11.7 Å². The molecule has 2 atom stereocenters. The largest absolute Gasteiger partial charge is 0.368 e. The van der Waals surface area contributed by atoms with E-state index in [1.807, 2.05) is 18.7 Å². The summed E-state index contributed by atoms with van der Waals surface area (Å²) in [5.74, 6) is -1.26. The molecule has 0 bridgehead atoms. The minimum Gasteiger partial charge on any atom is -0.368 e. The Morgan fingerprint density at radius 2 is 2.00 bits per heavy atom. The highest BCUT2D eigenvalue weighted by molar-refractivity contribution is 6.33. The first-order chi connectivity index (χ1) is 14.1. The molecule has 2 fully saturated rings. The second-order valence-corrected chi connectivity index (χ2v) is 9.13. The first kappa shape index (κ1) is 21.0. The molecule has 160 valence electrons. The molecule has 0 spiro atoms. The van der Waals surface area contributed by atoms with Crippen LogP contribution in [0.1, 0.15) is 43.5 Å². The molecule has 5 nitrogen and oxygen atoms in total. The number of aromatic nitrogens is 1. The van der Waals surface area contributed by atoms with Crippen LogP contribution in [-0.2, 0) is 0 Å². The summed E-state index contributed by atoms with van der Waals surface area (Å²) in [5.41, 5.74) is 7.27. The summed E-state index contributed by atoms with van der Waals surface area (Å²) >= 11 is 6.42. The summed E-state index contributed by atoms with van der Waals surface area (Å²) in [7, 11) is 0. The van der Waals surface area contributed by atoms with E-state index in [9.17, 15) is 13.6 Å². The van der Waals surface area contributed by atoms with Gasteiger partial charge in [-0.15, -0.1) is 0 Å². The van der Waals surface area contributed by atoms with Crippen LogP contribution in [0.3, 0.4) is 0 Å². The van der Waals surface area contributed by atoms with Crippen LogP contribution in [0, 0.1) is 17.6 Å². The van der Waals surface area contributed by atoms with Crippen LogP contribution in [0.4, 0.5) is 14.5 Å². The van der Waals surface area contributed by atoms with Crippen LogP contribution >= 0.6 is 11.6 Å². The van der Waals surface area contributed by atoms with E-state index in [0.29, 0.717) is 42.2 Å². The van der Waals surface area contributed by atoms with Crippen LogP contribution in [0.5, 0.6) is 0 Å². The lowest BCUT2D eigenvalue weighted by molar-refractivity contribution is 0.0936. The van der Waals surface area contributed by atoms with Gasteiger partial charge in [-0.2, -0.15) is 0 Å². The molecule has 1 aromatic carbocycles. The van der Waals surface area contributed by atoms with Crippen LogP contribution in [-0.4, -0.2) is 35.6 Å². The van der Waals surface area contributed by atoms with E-state index in [-0.39, 0.29) is 22.7 Å². The predicted molar refractivity (Wildman–Crippen MR) is 114 cm³/mol. The maximum Gasteiger partial charge on any atom is 0.255 e. The minimum atomic E-state index is -0.727. The highest BCUT2D eigenvalue weighted by Crippen LogP contribution is 2.41. The van der Waals surface area contributed by atoms with Crippen molar-refractivity contribution in [2.45, 2.75) is 44.7 Å². The molecule has 2 heterocycles. The quantitative estimate of drug-likeness (QED) is 0.694. The lowest BCUT2D eigenvalue weighted by Crippen LogP contribution is -2.40. The zero-order valence-corrected chi connectivity index (χ0v) is 17.8. The van der Waals surface area contributed by atoms with Gasteiger partial charge in [-0.25, -0.2) is 13.8 Å². The smallest absolute Gasteiger partial charge is 0.255 e. The van der Waals surface area contributed by atoms with Crippen molar-refractivity contribution in [1.82, 2.24) is 10.3 Å². The van der Waals surface area contributed by atoms with Crippen molar-refractivity contribution < 1.29 is 13.6 Å². The number of halogens is 3. The number of pyridine rings is 1. The van der Waals surface area contributed by atoms with E-state index in [1.54, 1.807) is 0 Å². The number of amides is 1. The van der Waals surface area contributed by atoms with Crippen LogP contribution in [0.15, 0.2) is 24.4 Å². The lowest BCUT2D eigenvalue weighted by Gasteiger charge is -2.27. The Hall–Kier alpha value is -2.25. The summed E-state index contributed by atoms with van der Waals surface area (Å²) in [6, 6.07) is 3.23. The fourth-order valence-electron chi connectivity index (χ4n) is 4.10. The molecule has 4 rings (SSSR count).